The second kappa shape index (κ2) is 17.0. The SMILES string of the molecule is CN(C)CCC(=O)Nc1ccc2c(=O)n(CC3(O)CCN(C(=O)c4cn(CCNC(=O)c5ccc6c(Cl)ccnc6c5)nc4Cc4ccccc4)CC3)cnc2c1. The molecule has 1 fully saturated rings. The van der Waals surface area contributed by atoms with Gasteiger partial charge in [-0.2, -0.15) is 5.10 Å². The number of pyridine rings is 1. The summed E-state index contributed by atoms with van der Waals surface area (Å²) in [6.45, 7) is 1.79. The van der Waals surface area contributed by atoms with Crippen molar-refractivity contribution >= 4 is 56.8 Å². The third-order valence-electron chi connectivity index (χ3n) is 10.2. The van der Waals surface area contributed by atoms with E-state index >= 15 is 0 Å². The molecule has 0 radical (unpaired) electrons. The number of rotatable bonds is 13. The Balaban J connectivity index is 0.993. The summed E-state index contributed by atoms with van der Waals surface area (Å²) in [6, 6.07) is 21.6. The Morgan fingerprint density at radius 2 is 1.70 bits per heavy atom. The number of nitrogens with one attached hydrogen (secondary N) is 2. The molecular formula is C42H44ClN9O5. The number of likely N-dealkylation sites (tertiary alicyclic amines) is 1. The number of carbonyl (C=O) groups excluding carboxylic acids is 3. The van der Waals surface area contributed by atoms with Gasteiger partial charge in [0.1, 0.15) is 0 Å². The van der Waals surface area contributed by atoms with Crippen molar-refractivity contribution in [2.45, 2.75) is 44.4 Å². The molecule has 3 aromatic carbocycles. The van der Waals surface area contributed by atoms with Crippen molar-refractivity contribution in [1.29, 1.82) is 0 Å². The zero-order valence-electron chi connectivity index (χ0n) is 31.8. The number of benzene rings is 3. The lowest BCUT2D eigenvalue weighted by atomic mass is 9.90. The maximum atomic E-state index is 14.1. The maximum Gasteiger partial charge on any atom is 0.261 e. The molecule has 0 spiro atoms. The zero-order valence-corrected chi connectivity index (χ0v) is 32.6. The molecule has 7 rings (SSSR count). The molecule has 1 aliphatic rings. The Morgan fingerprint density at radius 1 is 0.947 bits per heavy atom. The molecule has 3 N–H and O–H groups in total. The van der Waals surface area contributed by atoms with Gasteiger partial charge >= 0.3 is 0 Å². The first-order valence-corrected chi connectivity index (χ1v) is 19.2. The van der Waals surface area contributed by atoms with Crippen LogP contribution in [0.15, 0.2) is 96.3 Å². The number of halogens is 1. The topological polar surface area (TPSA) is 168 Å². The highest BCUT2D eigenvalue weighted by atomic mass is 35.5. The van der Waals surface area contributed by atoms with Crippen LogP contribution in [0.25, 0.3) is 21.8 Å². The molecule has 6 aromatic rings. The number of carbonyl (C=O) groups is 3. The summed E-state index contributed by atoms with van der Waals surface area (Å²) in [4.78, 5) is 65.2. The van der Waals surface area contributed by atoms with Gasteiger partial charge in [-0.05, 0) is 68.9 Å². The number of aromatic nitrogens is 5. The molecule has 57 heavy (non-hydrogen) atoms. The van der Waals surface area contributed by atoms with E-state index in [1.807, 2.05) is 49.3 Å². The number of fused-ring (bicyclic) bond motifs is 2. The smallest absolute Gasteiger partial charge is 0.261 e. The van der Waals surface area contributed by atoms with E-state index in [2.05, 4.69) is 20.6 Å². The Hall–Kier alpha value is -5.96. The number of aliphatic hydroxyl groups is 1. The number of nitrogens with zero attached hydrogens (tertiary/aromatic N) is 7. The predicted molar refractivity (Wildman–Crippen MR) is 218 cm³/mol. The molecule has 4 heterocycles. The minimum atomic E-state index is -1.24. The summed E-state index contributed by atoms with van der Waals surface area (Å²) in [5.74, 6) is -0.594. The van der Waals surface area contributed by atoms with E-state index in [4.69, 9.17) is 16.7 Å². The lowest BCUT2D eigenvalue weighted by Crippen LogP contribution is -2.49. The van der Waals surface area contributed by atoms with Crippen molar-refractivity contribution in [3.05, 3.63) is 129 Å². The normalized spacial score (nSPS) is 13.9. The molecule has 1 saturated heterocycles. The average Bonchev–Trinajstić information content (AvgIpc) is 3.60. The number of hydrogen-bond acceptors (Lipinski definition) is 9. The van der Waals surface area contributed by atoms with E-state index < -0.39 is 5.60 Å². The minimum Gasteiger partial charge on any atom is -0.388 e. The fourth-order valence-electron chi connectivity index (χ4n) is 6.98. The third kappa shape index (κ3) is 9.37. The number of hydrogen-bond donors (Lipinski definition) is 3. The van der Waals surface area contributed by atoms with Crippen molar-refractivity contribution in [1.82, 2.24) is 39.4 Å². The van der Waals surface area contributed by atoms with Gasteiger partial charge in [-0.25, -0.2) is 4.98 Å². The lowest BCUT2D eigenvalue weighted by Gasteiger charge is -2.38. The van der Waals surface area contributed by atoms with Crippen molar-refractivity contribution < 1.29 is 19.5 Å². The summed E-state index contributed by atoms with van der Waals surface area (Å²) in [5.41, 5.74) is 2.60. The minimum absolute atomic E-state index is 0.0200. The highest BCUT2D eigenvalue weighted by Gasteiger charge is 2.36. The average molecular weight is 790 g/mol. The van der Waals surface area contributed by atoms with E-state index in [-0.39, 0.29) is 62.3 Å². The number of anilines is 1. The molecule has 294 valence electrons. The van der Waals surface area contributed by atoms with Gasteiger partial charge in [-0.3, -0.25) is 33.4 Å². The summed E-state index contributed by atoms with van der Waals surface area (Å²) < 4.78 is 3.08. The summed E-state index contributed by atoms with van der Waals surface area (Å²) >= 11 is 6.26. The van der Waals surface area contributed by atoms with Gasteiger partial charge in [0.15, 0.2) is 0 Å². The first kappa shape index (κ1) is 39.3. The Kier molecular flexibility index (Phi) is 11.7. The van der Waals surface area contributed by atoms with E-state index in [0.29, 0.717) is 69.9 Å². The van der Waals surface area contributed by atoms with E-state index in [1.54, 1.807) is 64.4 Å². The van der Waals surface area contributed by atoms with Crippen molar-refractivity contribution in [2.24, 2.45) is 0 Å². The largest absolute Gasteiger partial charge is 0.388 e. The summed E-state index contributed by atoms with van der Waals surface area (Å²) in [5, 5.41) is 23.9. The van der Waals surface area contributed by atoms with Crippen LogP contribution < -0.4 is 16.2 Å². The van der Waals surface area contributed by atoms with Crippen LogP contribution in [-0.2, 0) is 24.3 Å². The maximum absolute atomic E-state index is 14.1. The number of amides is 3. The Labute approximate surface area is 334 Å². The molecule has 0 unspecified atom stereocenters. The van der Waals surface area contributed by atoms with Crippen molar-refractivity contribution in [2.75, 3.05) is 45.6 Å². The Bertz CT molecular complexity index is 2490. The zero-order chi connectivity index (χ0) is 40.1. The highest BCUT2D eigenvalue weighted by Crippen LogP contribution is 2.27. The highest BCUT2D eigenvalue weighted by molar-refractivity contribution is 6.35. The van der Waals surface area contributed by atoms with Gasteiger partial charge in [0.2, 0.25) is 5.91 Å². The molecule has 0 aliphatic carbocycles. The first-order valence-electron chi connectivity index (χ1n) is 18.8. The molecule has 1 aliphatic heterocycles. The molecule has 15 heteroatoms. The molecule has 14 nitrogen and oxygen atoms in total. The predicted octanol–water partition coefficient (Wildman–Crippen LogP) is 4.37. The summed E-state index contributed by atoms with van der Waals surface area (Å²) in [7, 11) is 3.80. The van der Waals surface area contributed by atoms with Gasteiger partial charge < -0.3 is 25.5 Å². The van der Waals surface area contributed by atoms with Crippen LogP contribution in [0.2, 0.25) is 5.02 Å². The van der Waals surface area contributed by atoms with E-state index in [9.17, 15) is 24.3 Å². The molecular weight excluding hydrogens is 746 g/mol. The van der Waals surface area contributed by atoms with Crippen LogP contribution in [0.3, 0.4) is 0 Å². The second-order valence-electron chi connectivity index (χ2n) is 14.7. The van der Waals surface area contributed by atoms with Crippen LogP contribution in [-0.4, -0.2) is 103 Å². The fraction of sp³-hybridized carbons (Fsp3) is 0.310. The van der Waals surface area contributed by atoms with E-state index in [0.717, 1.165) is 10.9 Å². The van der Waals surface area contributed by atoms with Gasteiger partial charge in [0.25, 0.3) is 17.4 Å². The van der Waals surface area contributed by atoms with E-state index in [1.165, 1.54) is 10.9 Å². The third-order valence-corrected chi connectivity index (χ3v) is 10.5. The molecule has 3 aromatic heterocycles. The molecule has 0 saturated carbocycles. The van der Waals surface area contributed by atoms with Crippen LogP contribution in [0.5, 0.6) is 0 Å². The van der Waals surface area contributed by atoms with Crippen LogP contribution in [0.4, 0.5) is 5.69 Å². The standard InChI is InChI=1S/C42H44ClN9O5/c1-49(2)18-13-38(53)47-30-9-11-32-36(24-30)46-27-51(40(32)55)26-42(57)14-19-50(20-15-42)41(56)33-25-52(48-37(33)22-28-6-4-3-5-7-28)21-17-45-39(54)29-8-10-31-34(43)12-16-44-35(31)23-29/h3-12,16,23-25,27,57H,13-15,17-22,26H2,1-2H3,(H,45,54)(H,47,53). The summed E-state index contributed by atoms with van der Waals surface area (Å²) in [6.07, 6.45) is 6.02. The molecule has 0 bridgehead atoms. The van der Waals surface area contributed by atoms with Gasteiger partial charge in [-0.15, -0.1) is 0 Å². The lowest BCUT2D eigenvalue weighted by molar-refractivity contribution is -0.116. The number of piperidine rings is 1. The van der Waals surface area contributed by atoms with Crippen molar-refractivity contribution in [3.63, 3.8) is 0 Å². The first-order chi connectivity index (χ1) is 27.4. The quantitative estimate of drug-likeness (QED) is 0.154. The monoisotopic (exact) mass is 789 g/mol. The van der Waals surface area contributed by atoms with Gasteiger partial charge in [0, 0.05) is 68.1 Å². The Morgan fingerprint density at radius 3 is 2.47 bits per heavy atom. The van der Waals surface area contributed by atoms with Crippen LogP contribution in [0, 0.1) is 0 Å². The van der Waals surface area contributed by atoms with Crippen LogP contribution >= 0.6 is 11.6 Å². The second-order valence-corrected chi connectivity index (χ2v) is 15.1. The molecule has 0 atom stereocenters. The fourth-order valence-corrected chi connectivity index (χ4v) is 7.20. The van der Waals surface area contributed by atoms with Crippen molar-refractivity contribution in [3.8, 4) is 0 Å². The molecule has 3 amide bonds. The van der Waals surface area contributed by atoms with Crippen LogP contribution in [0.1, 0.15) is 51.2 Å². The van der Waals surface area contributed by atoms with Gasteiger partial charge in [0.05, 0.1) is 57.7 Å². The van der Waals surface area contributed by atoms with Gasteiger partial charge in [-0.1, -0.05) is 48.0 Å².